The van der Waals surface area contributed by atoms with Gasteiger partial charge in [-0.25, -0.2) is 20.5 Å². The van der Waals surface area contributed by atoms with Crippen molar-refractivity contribution in [3.8, 4) is 16.4 Å². The molecular weight excluding hydrogens is 284 g/mol. The monoisotopic (exact) mass is 298 g/mol. The van der Waals surface area contributed by atoms with Gasteiger partial charge in [-0.15, -0.1) is 11.3 Å². The second-order valence-electron chi connectivity index (χ2n) is 5.01. The van der Waals surface area contributed by atoms with Crippen molar-refractivity contribution in [1.29, 1.82) is 0 Å². The van der Waals surface area contributed by atoms with E-state index >= 15 is 0 Å². The number of thiazole rings is 1. The zero-order valence-electron chi connectivity index (χ0n) is 11.5. The van der Waals surface area contributed by atoms with Crippen molar-refractivity contribution in [2.24, 2.45) is 5.84 Å². The van der Waals surface area contributed by atoms with E-state index in [0.29, 0.717) is 0 Å². The van der Waals surface area contributed by atoms with E-state index in [9.17, 15) is 0 Å². The highest BCUT2D eigenvalue weighted by molar-refractivity contribution is 7.13. The normalized spacial score (nSPS) is 13.7. The Balaban J connectivity index is 1.83. The van der Waals surface area contributed by atoms with Crippen molar-refractivity contribution < 1.29 is 0 Å². The van der Waals surface area contributed by atoms with Gasteiger partial charge in [0.25, 0.3) is 0 Å². The van der Waals surface area contributed by atoms with Crippen LogP contribution in [0.1, 0.15) is 11.3 Å². The van der Waals surface area contributed by atoms with Gasteiger partial charge in [0.05, 0.1) is 5.69 Å². The van der Waals surface area contributed by atoms with Crippen molar-refractivity contribution in [2.75, 3.05) is 11.6 Å². The molecule has 0 fully saturated rings. The van der Waals surface area contributed by atoms with Crippen LogP contribution in [0, 0.1) is 6.92 Å². The van der Waals surface area contributed by atoms with Crippen LogP contribution < -0.4 is 10.9 Å². The van der Waals surface area contributed by atoms with Gasteiger partial charge in [0.1, 0.15) is 16.5 Å². The summed E-state index contributed by atoms with van der Waals surface area (Å²) in [6.45, 7) is 2.76. The summed E-state index contributed by atoms with van der Waals surface area (Å²) >= 11 is 1.59. The Labute approximate surface area is 125 Å². The van der Waals surface area contributed by atoms with E-state index in [4.69, 9.17) is 5.84 Å². The standard InChI is InChI=1S/C14H14N6S/c1-9-8-12(10-2-5-19(15)13(10)17-9)20-6-3-11(18-20)14-16-4-7-21-14/h3-4,6-8H,2,5,15H2,1H3. The van der Waals surface area contributed by atoms with Gasteiger partial charge in [0.2, 0.25) is 0 Å². The topological polar surface area (TPSA) is 72.9 Å². The molecule has 1 aliphatic rings. The van der Waals surface area contributed by atoms with Crippen LogP contribution in [-0.2, 0) is 6.42 Å². The predicted molar refractivity (Wildman–Crippen MR) is 82.4 cm³/mol. The molecule has 0 saturated heterocycles. The first-order chi connectivity index (χ1) is 10.2. The fourth-order valence-corrected chi connectivity index (χ4v) is 3.21. The quantitative estimate of drug-likeness (QED) is 0.732. The maximum atomic E-state index is 5.98. The zero-order valence-corrected chi connectivity index (χ0v) is 12.3. The summed E-state index contributed by atoms with van der Waals surface area (Å²) in [5.41, 5.74) is 4.02. The molecule has 21 heavy (non-hydrogen) atoms. The first-order valence-corrected chi connectivity index (χ1v) is 7.59. The van der Waals surface area contributed by atoms with E-state index in [1.807, 2.05) is 29.2 Å². The Morgan fingerprint density at radius 3 is 3.10 bits per heavy atom. The summed E-state index contributed by atoms with van der Waals surface area (Å²) in [7, 11) is 0. The summed E-state index contributed by atoms with van der Waals surface area (Å²) in [5.74, 6) is 6.84. The van der Waals surface area contributed by atoms with Crippen molar-refractivity contribution in [1.82, 2.24) is 19.7 Å². The summed E-state index contributed by atoms with van der Waals surface area (Å²) < 4.78 is 1.89. The van der Waals surface area contributed by atoms with E-state index < -0.39 is 0 Å². The minimum Gasteiger partial charge on any atom is -0.294 e. The molecule has 0 radical (unpaired) electrons. The van der Waals surface area contributed by atoms with Gasteiger partial charge in [-0.2, -0.15) is 5.10 Å². The molecule has 0 spiro atoms. The summed E-state index contributed by atoms with van der Waals surface area (Å²) in [5, 5.41) is 9.23. The van der Waals surface area contributed by atoms with E-state index in [1.54, 1.807) is 22.5 Å². The maximum absolute atomic E-state index is 5.98. The lowest BCUT2D eigenvalue weighted by Gasteiger charge is -2.13. The third-order valence-electron chi connectivity index (χ3n) is 3.57. The fraction of sp³-hybridized carbons (Fsp3) is 0.214. The van der Waals surface area contributed by atoms with Gasteiger partial charge in [0, 0.05) is 35.6 Å². The number of hydrazine groups is 1. The van der Waals surface area contributed by atoms with Gasteiger partial charge in [-0.05, 0) is 25.5 Å². The van der Waals surface area contributed by atoms with Crippen LogP contribution in [-0.4, -0.2) is 26.3 Å². The number of aromatic nitrogens is 4. The second kappa shape index (κ2) is 4.64. The minimum absolute atomic E-state index is 0.791. The van der Waals surface area contributed by atoms with E-state index in [0.717, 1.165) is 46.4 Å². The number of fused-ring (bicyclic) bond motifs is 1. The average molecular weight is 298 g/mol. The Hall–Kier alpha value is -2.25. The Bertz CT molecular complexity index is 792. The number of nitrogens with two attached hydrogens (primary N) is 1. The predicted octanol–water partition coefficient (Wildman–Crippen LogP) is 1.94. The highest BCUT2D eigenvalue weighted by atomic mass is 32.1. The number of anilines is 1. The minimum atomic E-state index is 0.791. The molecule has 3 aromatic rings. The highest BCUT2D eigenvalue weighted by Gasteiger charge is 2.23. The first-order valence-electron chi connectivity index (χ1n) is 6.71. The van der Waals surface area contributed by atoms with Crippen molar-refractivity contribution in [2.45, 2.75) is 13.3 Å². The summed E-state index contributed by atoms with van der Waals surface area (Å²) in [4.78, 5) is 8.82. The van der Waals surface area contributed by atoms with Crippen molar-refractivity contribution in [3.63, 3.8) is 0 Å². The lowest BCUT2D eigenvalue weighted by molar-refractivity contribution is 0.860. The number of rotatable bonds is 2. The van der Waals surface area contributed by atoms with Gasteiger partial charge in [-0.3, -0.25) is 5.01 Å². The maximum Gasteiger partial charge on any atom is 0.148 e. The van der Waals surface area contributed by atoms with Crippen LogP contribution in [0.15, 0.2) is 29.9 Å². The molecule has 7 heteroatoms. The largest absolute Gasteiger partial charge is 0.294 e. The molecule has 4 heterocycles. The van der Waals surface area contributed by atoms with E-state index in [2.05, 4.69) is 21.1 Å². The van der Waals surface area contributed by atoms with Crippen LogP contribution in [0.5, 0.6) is 0 Å². The number of hydrogen-bond acceptors (Lipinski definition) is 6. The highest BCUT2D eigenvalue weighted by Crippen LogP contribution is 2.30. The molecule has 0 amide bonds. The number of hydrogen-bond donors (Lipinski definition) is 1. The number of pyridine rings is 1. The van der Waals surface area contributed by atoms with Crippen LogP contribution in [0.25, 0.3) is 16.4 Å². The lowest BCUT2D eigenvalue weighted by atomic mass is 10.1. The molecule has 0 atom stereocenters. The van der Waals surface area contributed by atoms with Crippen LogP contribution >= 0.6 is 11.3 Å². The Morgan fingerprint density at radius 1 is 1.38 bits per heavy atom. The van der Waals surface area contributed by atoms with Crippen molar-refractivity contribution >= 4 is 17.2 Å². The SMILES string of the molecule is Cc1cc(-n2ccc(-c3nccs3)n2)c2c(n1)N(N)CC2. The molecule has 3 aromatic heterocycles. The van der Waals surface area contributed by atoms with E-state index in [1.165, 1.54) is 0 Å². The number of aryl methyl sites for hydroxylation is 1. The average Bonchev–Trinajstić information content (AvgIpc) is 3.18. The first kappa shape index (κ1) is 12.5. The molecule has 0 saturated carbocycles. The molecule has 6 nitrogen and oxygen atoms in total. The Kier molecular flexibility index (Phi) is 2.76. The summed E-state index contributed by atoms with van der Waals surface area (Å²) in [6.07, 6.45) is 4.64. The molecule has 1 aliphatic heterocycles. The van der Waals surface area contributed by atoms with Crippen LogP contribution in [0.3, 0.4) is 0 Å². The zero-order chi connectivity index (χ0) is 14.4. The molecule has 0 unspecified atom stereocenters. The molecule has 0 bridgehead atoms. The number of nitrogens with zero attached hydrogens (tertiary/aromatic N) is 5. The van der Waals surface area contributed by atoms with Gasteiger partial charge >= 0.3 is 0 Å². The van der Waals surface area contributed by atoms with Gasteiger partial charge in [0.15, 0.2) is 0 Å². The second-order valence-corrected chi connectivity index (χ2v) is 5.91. The smallest absolute Gasteiger partial charge is 0.148 e. The van der Waals surface area contributed by atoms with Crippen LogP contribution in [0.4, 0.5) is 5.82 Å². The molecule has 0 aliphatic carbocycles. The molecular formula is C14H14N6S. The molecule has 0 aromatic carbocycles. The third-order valence-corrected chi connectivity index (χ3v) is 4.36. The van der Waals surface area contributed by atoms with Gasteiger partial charge in [-0.1, -0.05) is 0 Å². The van der Waals surface area contributed by atoms with Gasteiger partial charge < -0.3 is 0 Å². The van der Waals surface area contributed by atoms with E-state index in [-0.39, 0.29) is 0 Å². The molecule has 4 rings (SSSR count). The van der Waals surface area contributed by atoms with Crippen LogP contribution in [0.2, 0.25) is 0 Å². The Morgan fingerprint density at radius 2 is 2.29 bits per heavy atom. The third kappa shape index (κ3) is 2.01. The fourth-order valence-electron chi connectivity index (χ4n) is 2.61. The van der Waals surface area contributed by atoms with Crippen molar-refractivity contribution in [3.05, 3.63) is 41.2 Å². The summed E-state index contributed by atoms with van der Waals surface area (Å²) in [6, 6.07) is 4.03. The molecule has 106 valence electrons. The lowest BCUT2D eigenvalue weighted by Crippen LogP contribution is -2.28. The molecule has 2 N–H and O–H groups in total.